The Morgan fingerprint density at radius 3 is 2.50 bits per heavy atom. The molecule has 0 spiro atoms. The molecule has 0 radical (unpaired) electrons. The number of para-hydroxylation sites is 1. The lowest BCUT2D eigenvalue weighted by atomic mass is 9.97. The number of nitrogens with one attached hydrogen (secondary N) is 1. The molecule has 2 amide bonds. The van der Waals surface area contributed by atoms with Crippen molar-refractivity contribution < 1.29 is 9.59 Å². The van der Waals surface area contributed by atoms with Crippen LogP contribution in [0.3, 0.4) is 0 Å². The second-order valence-electron chi connectivity index (χ2n) is 8.56. The van der Waals surface area contributed by atoms with Gasteiger partial charge < -0.3 is 14.8 Å². The molecular weight excluding hydrogens is 374 g/mol. The molecule has 0 aliphatic carbocycles. The van der Waals surface area contributed by atoms with Gasteiger partial charge in [0.05, 0.1) is 6.04 Å². The lowest BCUT2D eigenvalue weighted by molar-refractivity contribution is -0.125. The van der Waals surface area contributed by atoms with Gasteiger partial charge in [0.1, 0.15) is 6.04 Å². The molecule has 5 heteroatoms. The van der Waals surface area contributed by atoms with Crippen LogP contribution >= 0.6 is 0 Å². The van der Waals surface area contributed by atoms with Crippen molar-refractivity contribution in [2.24, 2.45) is 13.0 Å². The van der Waals surface area contributed by atoms with Gasteiger partial charge in [-0.1, -0.05) is 50.2 Å². The Bertz CT molecular complexity index is 1100. The predicted molar refractivity (Wildman–Crippen MR) is 119 cm³/mol. The van der Waals surface area contributed by atoms with Crippen LogP contribution in [0.1, 0.15) is 54.7 Å². The summed E-state index contributed by atoms with van der Waals surface area (Å²) in [4.78, 5) is 28.1. The van der Waals surface area contributed by atoms with E-state index in [1.807, 2.05) is 50.4 Å². The summed E-state index contributed by atoms with van der Waals surface area (Å²) in [6.07, 6.45) is 3.00. The highest BCUT2D eigenvalue weighted by atomic mass is 16.2. The number of carbonyl (C=O) groups excluding carboxylic acids is 2. The molecule has 2 unspecified atom stereocenters. The molecule has 1 aromatic heterocycles. The molecule has 1 aliphatic rings. The van der Waals surface area contributed by atoms with Crippen molar-refractivity contribution >= 4 is 22.7 Å². The zero-order valence-corrected chi connectivity index (χ0v) is 18.1. The maximum atomic E-state index is 13.4. The first kappa shape index (κ1) is 20.2. The monoisotopic (exact) mass is 403 g/mol. The Hall–Kier alpha value is -3.08. The SMILES string of the molecule is CC(C)CCNC(=O)C(C)N1C(=O)c2ccccc2C1c1cn(C)c2ccccc12. The van der Waals surface area contributed by atoms with Gasteiger partial charge >= 0.3 is 0 Å². The van der Waals surface area contributed by atoms with E-state index >= 15 is 0 Å². The van der Waals surface area contributed by atoms with Gasteiger partial charge in [-0.15, -0.1) is 0 Å². The van der Waals surface area contributed by atoms with Crippen molar-refractivity contribution in [2.45, 2.75) is 39.3 Å². The zero-order valence-electron chi connectivity index (χ0n) is 18.1. The number of amides is 2. The average molecular weight is 404 g/mol. The summed E-state index contributed by atoms with van der Waals surface area (Å²) in [5.74, 6) is 0.318. The fourth-order valence-electron chi connectivity index (χ4n) is 4.40. The van der Waals surface area contributed by atoms with Gasteiger partial charge in [-0.3, -0.25) is 9.59 Å². The lowest BCUT2D eigenvalue weighted by Crippen LogP contribution is -2.47. The van der Waals surface area contributed by atoms with Gasteiger partial charge in [-0.2, -0.15) is 0 Å². The van der Waals surface area contributed by atoms with Crippen LogP contribution in [0.2, 0.25) is 0 Å². The first-order valence-corrected chi connectivity index (χ1v) is 10.6. The van der Waals surface area contributed by atoms with Crippen LogP contribution in [-0.2, 0) is 11.8 Å². The number of nitrogens with zero attached hydrogens (tertiary/aromatic N) is 2. The summed E-state index contributed by atoms with van der Waals surface area (Å²) in [5.41, 5.74) is 3.80. The number of aryl methyl sites for hydroxylation is 1. The van der Waals surface area contributed by atoms with Crippen molar-refractivity contribution in [3.8, 4) is 0 Å². The highest BCUT2D eigenvalue weighted by Crippen LogP contribution is 2.42. The number of carbonyl (C=O) groups is 2. The van der Waals surface area contributed by atoms with Crippen LogP contribution in [0.15, 0.2) is 54.7 Å². The minimum absolute atomic E-state index is 0.0879. The third-order valence-electron chi connectivity index (χ3n) is 6.04. The largest absolute Gasteiger partial charge is 0.354 e. The first-order valence-electron chi connectivity index (χ1n) is 10.6. The fraction of sp³-hybridized carbons (Fsp3) is 0.360. The van der Waals surface area contributed by atoms with Crippen molar-refractivity contribution in [3.05, 3.63) is 71.4 Å². The van der Waals surface area contributed by atoms with Gasteiger partial charge in [0, 0.05) is 41.8 Å². The van der Waals surface area contributed by atoms with Crippen LogP contribution in [0, 0.1) is 5.92 Å². The number of benzene rings is 2. The molecular formula is C25H29N3O2. The van der Waals surface area contributed by atoms with E-state index < -0.39 is 6.04 Å². The molecule has 2 heterocycles. The fourth-order valence-corrected chi connectivity index (χ4v) is 4.40. The van der Waals surface area contributed by atoms with Crippen LogP contribution in [0.25, 0.3) is 10.9 Å². The van der Waals surface area contributed by atoms with E-state index in [2.05, 4.69) is 42.1 Å². The molecule has 3 aromatic rings. The van der Waals surface area contributed by atoms with E-state index in [9.17, 15) is 9.59 Å². The second kappa shape index (κ2) is 7.98. The summed E-state index contributed by atoms with van der Waals surface area (Å²) in [7, 11) is 2.01. The quantitative estimate of drug-likeness (QED) is 0.668. The standard InChI is InChI=1S/C25H29N3O2/c1-16(2)13-14-26-24(29)17(3)28-23(19-10-5-6-11-20(19)25(28)30)21-15-27(4)22-12-8-7-9-18(21)22/h5-12,15-17,23H,13-14H2,1-4H3,(H,26,29). The highest BCUT2D eigenvalue weighted by Gasteiger charge is 2.43. The number of fused-ring (bicyclic) bond motifs is 2. The molecule has 2 aromatic carbocycles. The minimum atomic E-state index is -0.568. The van der Waals surface area contributed by atoms with E-state index in [0.29, 0.717) is 18.0 Å². The van der Waals surface area contributed by atoms with E-state index in [1.165, 1.54) is 0 Å². The topological polar surface area (TPSA) is 54.3 Å². The van der Waals surface area contributed by atoms with Crippen LogP contribution in [0.4, 0.5) is 0 Å². The van der Waals surface area contributed by atoms with Crippen LogP contribution in [0.5, 0.6) is 0 Å². The molecule has 156 valence electrons. The van der Waals surface area contributed by atoms with Crippen molar-refractivity contribution in [3.63, 3.8) is 0 Å². The van der Waals surface area contributed by atoms with E-state index in [-0.39, 0.29) is 17.9 Å². The summed E-state index contributed by atoms with van der Waals surface area (Å²) >= 11 is 0. The van der Waals surface area contributed by atoms with Gasteiger partial charge in [-0.05, 0) is 37.0 Å². The molecule has 5 nitrogen and oxygen atoms in total. The number of hydrogen-bond acceptors (Lipinski definition) is 2. The maximum Gasteiger partial charge on any atom is 0.255 e. The van der Waals surface area contributed by atoms with Crippen molar-refractivity contribution in [1.29, 1.82) is 0 Å². The molecule has 1 aliphatic heterocycles. The molecule has 30 heavy (non-hydrogen) atoms. The van der Waals surface area contributed by atoms with Gasteiger partial charge in [0.2, 0.25) is 5.91 Å². The maximum absolute atomic E-state index is 13.4. The minimum Gasteiger partial charge on any atom is -0.354 e. The predicted octanol–water partition coefficient (Wildman–Crippen LogP) is 4.27. The Morgan fingerprint density at radius 1 is 1.03 bits per heavy atom. The summed E-state index contributed by atoms with van der Waals surface area (Å²) < 4.78 is 2.08. The third-order valence-corrected chi connectivity index (χ3v) is 6.04. The summed E-state index contributed by atoms with van der Waals surface area (Å²) in [6, 6.07) is 15.0. The molecule has 4 rings (SSSR count). The van der Waals surface area contributed by atoms with E-state index in [4.69, 9.17) is 0 Å². The smallest absolute Gasteiger partial charge is 0.255 e. The summed E-state index contributed by atoms with van der Waals surface area (Å²) in [5, 5.41) is 4.12. The molecule has 0 bridgehead atoms. The van der Waals surface area contributed by atoms with Gasteiger partial charge in [0.25, 0.3) is 5.91 Å². The third kappa shape index (κ3) is 3.38. The molecule has 1 N–H and O–H groups in total. The van der Waals surface area contributed by atoms with E-state index in [0.717, 1.165) is 28.5 Å². The number of hydrogen-bond donors (Lipinski definition) is 1. The molecule has 0 saturated heterocycles. The lowest BCUT2D eigenvalue weighted by Gasteiger charge is -2.30. The summed E-state index contributed by atoms with van der Waals surface area (Å²) in [6.45, 7) is 6.71. The second-order valence-corrected chi connectivity index (χ2v) is 8.56. The Balaban J connectivity index is 1.75. The molecule has 0 saturated carbocycles. The normalized spacial score (nSPS) is 16.9. The molecule has 0 fully saturated rings. The molecule has 2 atom stereocenters. The van der Waals surface area contributed by atoms with Crippen molar-refractivity contribution in [2.75, 3.05) is 6.54 Å². The van der Waals surface area contributed by atoms with E-state index in [1.54, 1.807) is 4.90 Å². The van der Waals surface area contributed by atoms with Crippen LogP contribution in [-0.4, -0.2) is 33.9 Å². The highest BCUT2D eigenvalue weighted by molar-refractivity contribution is 6.03. The van der Waals surface area contributed by atoms with Gasteiger partial charge in [-0.25, -0.2) is 0 Å². The number of rotatable bonds is 6. The Labute approximate surface area is 177 Å². The average Bonchev–Trinajstić information content (AvgIpc) is 3.22. The Kier molecular flexibility index (Phi) is 5.37. The first-order chi connectivity index (χ1) is 14.4. The van der Waals surface area contributed by atoms with Crippen LogP contribution < -0.4 is 5.32 Å². The van der Waals surface area contributed by atoms with Crippen molar-refractivity contribution in [1.82, 2.24) is 14.8 Å². The van der Waals surface area contributed by atoms with Gasteiger partial charge in [0.15, 0.2) is 0 Å². The zero-order chi connectivity index (χ0) is 21.4. The Morgan fingerprint density at radius 2 is 1.73 bits per heavy atom. The number of aromatic nitrogens is 1.